The van der Waals surface area contributed by atoms with Crippen LogP contribution in [0.5, 0.6) is 0 Å². The van der Waals surface area contributed by atoms with E-state index in [2.05, 4.69) is 20.4 Å². The van der Waals surface area contributed by atoms with Gasteiger partial charge in [0.2, 0.25) is 0 Å². The van der Waals surface area contributed by atoms with Crippen molar-refractivity contribution < 1.29 is 0 Å². The van der Waals surface area contributed by atoms with Crippen LogP contribution in [0.1, 0.15) is 25.8 Å². The molecule has 0 saturated heterocycles. The molecular formula is C12H19N. The van der Waals surface area contributed by atoms with Crippen molar-refractivity contribution in [3.05, 3.63) is 42.5 Å². The molecule has 0 spiro atoms. The summed E-state index contributed by atoms with van der Waals surface area (Å²) in [4.78, 5) is 0. The van der Waals surface area contributed by atoms with Gasteiger partial charge >= 0.3 is 0 Å². The van der Waals surface area contributed by atoms with E-state index in [1.807, 2.05) is 30.3 Å². The van der Waals surface area contributed by atoms with Gasteiger partial charge in [-0.1, -0.05) is 57.2 Å². The van der Waals surface area contributed by atoms with Crippen LogP contribution in [0.3, 0.4) is 0 Å². The van der Waals surface area contributed by atoms with E-state index < -0.39 is 0 Å². The Kier molecular flexibility index (Phi) is 6.93. The summed E-state index contributed by atoms with van der Waals surface area (Å²) >= 11 is 0. The number of hydrogen-bond donors (Lipinski definition) is 1. The summed E-state index contributed by atoms with van der Waals surface area (Å²) in [6.45, 7) is 8.60. The fraction of sp³-hybridized carbons (Fsp3) is 0.333. The standard InChI is InChI=1S/C9H11N.C3H8/c1-8(7-10)9-5-3-2-4-6-9;1-3-2/h2-6H,1,7,10H2;3H2,1-2H3. The summed E-state index contributed by atoms with van der Waals surface area (Å²) < 4.78 is 0. The molecule has 1 aromatic rings. The van der Waals surface area contributed by atoms with Crippen LogP contribution in [0.25, 0.3) is 5.57 Å². The van der Waals surface area contributed by atoms with Gasteiger partial charge in [-0.25, -0.2) is 0 Å². The molecule has 0 aliphatic rings. The number of hydrogen-bond acceptors (Lipinski definition) is 1. The smallest absolute Gasteiger partial charge is 0.0178 e. The summed E-state index contributed by atoms with van der Waals surface area (Å²) in [6, 6.07) is 9.96. The van der Waals surface area contributed by atoms with Crippen molar-refractivity contribution in [2.75, 3.05) is 6.54 Å². The third-order valence-corrected chi connectivity index (χ3v) is 1.43. The predicted molar refractivity (Wildman–Crippen MR) is 60.5 cm³/mol. The van der Waals surface area contributed by atoms with Crippen LogP contribution in [0.15, 0.2) is 36.9 Å². The molecular weight excluding hydrogens is 158 g/mol. The summed E-state index contributed by atoms with van der Waals surface area (Å²) in [7, 11) is 0. The lowest BCUT2D eigenvalue weighted by atomic mass is 10.1. The second-order valence-corrected chi connectivity index (χ2v) is 2.88. The van der Waals surface area contributed by atoms with E-state index in [1.54, 1.807) is 0 Å². The van der Waals surface area contributed by atoms with Crippen LogP contribution in [-0.2, 0) is 0 Å². The fourth-order valence-electron chi connectivity index (χ4n) is 0.792. The highest BCUT2D eigenvalue weighted by Crippen LogP contribution is 2.08. The van der Waals surface area contributed by atoms with Gasteiger partial charge in [-0.15, -0.1) is 0 Å². The molecule has 1 heteroatoms. The normalized spacial score (nSPS) is 8.54. The third kappa shape index (κ3) is 5.21. The van der Waals surface area contributed by atoms with Crippen molar-refractivity contribution in [1.82, 2.24) is 0 Å². The van der Waals surface area contributed by atoms with Gasteiger partial charge in [-0.05, 0) is 11.1 Å². The minimum absolute atomic E-state index is 0.532. The Labute approximate surface area is 81.3 Å². The maximum atomic E-state index is 5.40. The minimum Gasteiger partial charge on any atom is -0.326 e. The Bertz CT molecular complexity index is 226. The highest BCUT2D eigenvalue weighted by atomic mass is 14.5. The van der Waals surface area contributed by atoms with E-state index >= 15 is 0 Å². The molecule has 0 radical (unpaired) electrons. The molecule has 0 heterocycles. The highest BCUT2D eigenvalue weighted by Gasteiger charge is 1.91. The molecule has 72 valence electrons. The van der Waals surface area contributed by atoms with Crippen LogP contribution in [-0.4, -0.2) is 6.54 Å². The zero-order valence-corrected chi connectivity index (χ0v) is 8.59. The molecule has 0 bridgehead atoms. The van der Waals surface area contributed by atoms with Crippen molar-refractivity contribution in [2.24, 2.45) is 5.73 Å². The monoisotopic (exact) mass is 177 g/mol. The second-order valence-electron chi connectivity index (χ2n) is 2.88. The minimum atomic E-state index is 0.532. The first-order valence-corrected chi connectivity index (χ1v) is 4.69. The molecule has 1 aromatic carbocycles. The van der Waals surface area contributed by atoms with Crippen LogP contribution >= 0.6 is 0 Å². The molecule has 0 aliphatic carbocycles. The third-order valence-electron chi connectivity index (χ3n) is 1.43. The summed E-state index contributed by atoms with van der Waals surface area (Å²) in [5.41, 5.74) is 7.52. The van der Waals surface area contributed by atoms with E-state index in [1.165, 1.54) is 6.42 Å². The SMILES string of the molecule is C=C(CN)c1ccccc1.CCC. The lowest BCUT2D eigenvalue weighted by molar-refractivity contribution is 1.09. The summed E-state index contributed by atoms with van der Waals surface area (Å²) in [5, 5.41) is 0. The van der Waals surface area contributed by atoms with Gasteiger partial charge in [-0.2, -0.15) is 0 Å². The topological polar surface area (TPSA) is 26.0 Å². The zero-order valence-electron chi connectivity index (χ0n) is 8.59. The number of rotatable bonds is 2. The van der Waals surface area contributed by atoms with Crippen molar-refractivity contribution in [3.8, 4) is 0 Å². The maximum Gasteiger partial charge on any atom is 0.0178 e. The average molecular weight is 177 g/mol. The summed E-state index contributed by atoms with van der Waals surface area (Å²) in [5.74, 6) is 0. The molecule has 0 fully saturated rings. The molecule has 0 aromatic heterocycles. The van der Waals surface area contributed by atoms with Gasteiger partial charge in [0.1, 0.15) is 0 Å². The molecule has 0 atom stereocenters. The Morgan fingerprint density at radius 3 is 2.08 bits per heavy atom. The fourth-order valence-corrected chi connectivity index (χ4v) is 0.792. The first-order valence-electron chi connectivity index (χ1n) is 4.69. The van der Waals surface area contributed by atoms with E-state index in [9.17, 15) is 0 Å². The zero-order chi connectivity index (χ0) is 10.1. The lowest BCUT2D eigenvalue weighted by Crippen LogP contribution is -2.00. The van der Waals surface area contributed by atoms with E-state index in [0.29, 0.717) is 6.54 Å². The molecule has 13 heavy (non-hydrogen) atoms. The van der Waals surface area contributed by atoms with Gasteiger partial charge in [0, 0.05) is 6.54 Å². The first-order chi connectivity index (χ1) is 6.26. The Balaban J connectivity index is 0.000000424. The molecule has 0 saturated carbocycles. The van der Waals surface area contributed by atoms with Crippen molar-refractivity contribution in [3.63, 3.8) is 0 Å². The van der Waals surface area contributed by atoms with Gasteiger partial charge in [0.05, 0.1) is 0 Å². The number of nitrogens with two attached hydrogens (primary N) is 1. The molecule has 0 aliphatic heterocycles. The first kappa shape index (κ1) is 11.9. The van der Waals surface area contributed by atoms with Gasteiger partial charge < -0.3 is 5.73 Å². The van der Waals surface area contributed by atoms with Crippen molar-refractivity contribution >= 4 is 5.57 Å². The molecule has 1 nitrogen and oxygen atoms in total. The van der Waals surface area contributed by atoms with Crippen LogP contribution in [0.2, 0.25) is 0 Å². The largest absolute Gasteiger partial charge is 0.326 e. The van der Waals surface area contributed by atoms with Crippen molar-refractivity contribution in [2.45, 2.75) is 20.3 Å². The molecule has 1 rings (SSSR count). The lowest BCUT2D eigenvalue weighted by Gasteiger charge is -1.99. The number of benzene rings is 1. The van der Waals surface area contributed by atoms with Crippen LogP contribution in [0, 0.1) is 0 Å². The summed E-state index contributed by atoms with van der Waals surface area (Å²) in [6.07, 6.45) is 1.25. The average Bonchev–Trinajstić information content (AvgIpc) is 2.19. The maximum absolute atomic E-state index is 5.40. The van der Waals surface area contributed by atoms with E-state index in [0.717, 1.165) is 11.1 Å². The Morgan fingerprint density at radius 1 is 1.23 bits per heavy atom. The Morgan fingerprint density at radius 2 is 1.69 bits per heavy atom. The predicted octanol–water partition coefficient (Wildman–Crippen LogP) is 3.07. The molecule has 0 unspecified atom stereocenters. The van der Waals surface area contributed by atoms with E-state index in [4.69, 9.17) is 5.73 Å². The quantitative estimate of drug-likeness (QED) is 0.738. The van der Waals surface area contributed by atoms with Crippen LogP contribution < -0.4 is 5.73 Å². The second kappa shape index (κ2) is 7.56. The van der Waals surface area contributed by atoms with Crippen molar-refractivity contribution in [1.29, 1.82) is 0 Å². The van der Waals surface area contributed by atoms with Gasteiger partial charge in [-0.3, -0.25) is 0 Å². The van der Waals surface area contributed by atoms with Gasteiger partial charge in [0.15, 0.2) is 0 Å². The van der Waals surface area contributed by atoms with Crippen LogP contribution in [0.4, 0.5) is 0 Å². The molecule has 2 N–H and O–H groups in total. The highest BCUT2D eigenvalue weighted by molar-refractivity contribution is 5.64. The van der Waals surface area contributed by atoms with Gasteiger partial charge in [0.25, 0.3) is 0 Å². The molecule has 0 amide bonds. The Hall–Kier alpha value is -1.08. The van der Waals surface area contributed by atoms with E-state index in [-0.39, 0.29) is 0 Å².